The standard InChI is InChI=1S/C20H20ClN3OS/c21-16-13-15-3-1-6-22-19(15)18(14-16)20(25)24-10-8-23(9-11-24)7-5-17-4-2-12-26-17/h1-4,6,12-14H,5,7-11H2. The van der Waals surface area contributed by atoms with E-state index in [2.05, 4.69) is 27.4 Å². The number of pyridine rings is 1. The smallest absolute Gasteiger partial charge is 0.256 e. The summed E-state index contributed by atoms with van der Waals surface area (Å²) in [7, 11) is 0. The van der Waals surface area contributed by atoms with E-state index in [0.717, 1.165) is 50.0 Å². The number of carbonyl (C=O) groups is 1. The number of piperazine rings is 1. The van der Waals surface area contributed by atoms with Gasteiger partial charge in [0, 0.05) is 54.2 Å². The lowest BCUT2D eigenvalue weighted by Gasteiger charge is -2.34. The van der Waals surface area contributed by atoms with Crippen LogP contribution in [0.5, 0.6) is 0 Å². The van der Waals surface area contributed by atoms with Crippen molar-refractivity contribution in [3.8, 4) is 0 Å². The van der Waals surface area contributed by atoms with Crippen LogP contribution in [0, 0.1) is 0 Å². The number of nitrogens with zero attached hydrogens (tertiary/aromatic N) is 3. The highest BCUT2D eigenvalue weighted by molar-refractivity contribution is 7.09. The van der Waals surface area contributed by atoms with E-state index in [9.17, 15) is 4.79 Å². The first kappa shape index (κ1) is 17.5. The Balaban J connectivity index is 1.42. The Morgan fingerprint density at radius 3 is 2.77 bits per heavy atom. The number of aromatic nitrogens is 1. The molecule has 4 nitrogen and oxygen atoms in total. The van der Waals surface area contributed by atoms with Gasteiger partial charge in [0.15, 0.2) is 0 Å². The van der Waals surface area contributed by atoms with Gasteiger partial charge in [0.05, 0.1) is 11.1 Å². The Labute approximate surface area is 162 Å². The zero-order valence-corrected chi connectivity index (χ0v) is 16.0. The second-order valence-corrected chi connectivity index (χ2v) is 7.96. The SMILES string of the molecule is O=C(c1cc(Cl)cc2cccnc12)N1CCN(CCc2cccs2)CC1. The fourth-order valence-electron chi connectivity index (χ4n) is 3.39. The summed E-state index contributed by atoms with van der Waals surface area (Å²) in [6, 6.07) is 11.7. The molecule has 0 radical (unpaired) electrons. The lowest BCUT2D eigenvalue weighted by atomic mass is 10.1. The van der Waals surface area contributed by atoms with Gasteiger partial charge < -0.3 is 4.90 Å². The largest absolute Gasteiger partial charge is 0.336 e. The minimum absolute atomic E-state index is 0.0223. The quantitative estimate of drug-likeness (QED) is 0.682. The number of hydrogen-bond acceptors (Lipinski definition) is 4. The Bertz CT molecular complexity index is 905. The van der Waals surface area contributed by atoms with Gasteiger partial charge in [-0.2, -0.15) is 0 Å². The first-order valence-corrected chi connectivity index (χ1v) is 10.0. The van der Waals surface area contributed by atoms with Crippen molar-refractivity contribution in [2.45, 2.75) is 6.42 Å². The van der Waals surface area contributed by atoms with Crippen LogP contribution in [0.15, 0.2) is 48.0 Å². The third kappa shape index (κ3) is 3.75. The van der Waals surface area contributed by atoms with Gasteiger partial charge in [-0.3, -0.25) is 14.7 Å². The summed E-state index contributed by atoms with van der Waals surface area (Å²) in [5, 5.41) is 3.59. The van der Waals surface area contributed by atoms with Crippen LogP contribution < -0.4 is 0 Å². The molecule has 1 fully saturated rings. The summed E-state index contributed by atoms with van der Waals surface area (Å²) >= 11 is 8.02. The van der Waals surface area contributed by atoms with Crippen molar-refractivity contribution >= 4 is 39.7 Å². The molecule has 2 aromatic heterocycles. The highest BCUT2D eigenvalue weighted by Crippen LogP contribution is 2.24. The number of halogens is 1. The summed E-state index contributed by atoms with van der Waals surface area (Å²) in [4.78, 5) is 23.2. The maximum atomic E-state index is 13.0. The third-order valence-corrected chi connectivity index (χ3v) is 5.97. The summed E-state index contributed by atoms with van der Waals surface area (Å²) in [6.45, 7) is 4.34. The predicted octanol–water partition coefficient (Wildman–Crippen LogP) is 3.95. The molecule has 0 saturated carbocycles. The van der Waals surface area contributed by atoms with E-state index < -0.39 is 0 Å². The molecule has 0 atom stereocenters. The van der Waals surface area contributed by atoms with Gasteiger partial charge in [0.25, 0.3) is 5.91 Å². The number of thiophene rings is 1. The van der Waals surface area contributed by atoms with Crippen LogP contribution in [0.2, 0.25) is 5.02 Å². The molecular weight excluding hydrogens is 366 g/mol. The van der Waals surface area contributed by atoms with Crippen LogP contribution in [0.25, 0.3) is 10.9 Å². The lowest BCUT2D eigenvalue weighted by molar-refractivity contribution is 0.0640. The average molecular weight is 386 g/mol. The summed E-state index contributed by atoms with van der Waals surface area (Å²) in [6.07, 6.45) is 2.80. The van der Waals surface area contributed by atoms with E-state index >= 15 is 0 Å². The molecule has 0 unspecified atom stereocenters. The van der Waals surface area contributed by atoms with Crippen molar-refractivity contribution in [3.05, 3.63) is 63.4 Å². The van der Waals surface area contributed by atoms with Crippen LogP contribution in [0.1, 0.15) is 15.2 Å². The van der Waals surface area contributed by atoms with E-state index in [1.807, 2.05) is 23.1 Å². The maximum absolute atomic E-state index is 13.0. The zero-order chi connectivity index (χ0) is 17.9. The summed E-state index contributed by atoms with van der Waals surface area (Å²) in [5.74, 6) is 0.0223. The monoisotopic (exact) mass is 385 g/mol. The first-order valence-electron chi connectivity index (χ1n) is 8.79. The van der Waals surface area contributed by atoms with Crippen LogP contribution in [-0.4, -0.2) is 53.4 Å². The summed E-state index contributed by atoms with van der Waals surface area (Å²) < 4.78 is 0. The average Bonchev–Trinajstić information content (AvgIpc) is 3.19. The normalized spacial score (nSPS) is 15.5. The predicted molar refractivity (Wildman–Crippen MR) is 107 cm³/mol. The van der Waals surface area contributed by atoms with Gasteiger partial charge in [-0.1, -0.05) is 23.7 Å². The number of rotatable bonds is 4. The number of hydrogen-bond donors (Lipinski definition) is 0. The van der Waals surface area contributed by atoms with Crippen LogP contribution in [-0.2, 0) is 6.42 Å². The van der Waals surface area contributed by atoms with Gasteiger partial charge in [-0.05, 0) is 36.1 Å². The number of amides is 1. The molecule has 4 rings (SSSR count). The van der Waals surface area contributed by atoms with Crippen molar-refractivity contribution in [2.75, 3.05) is 32.7 Å². The lowest BCUT2D eigenvalue weighted by Crippen LogP contribution is -2.49. The zero-order valence-electron chi connectivity index (χ0n) is 14.4. The van der Waals surface area contributed by atoms with Gasteiger partial charge in [-0.15, -0.1) is 11.3 Å². The molecule has 1 aromatic carbocycles. The van der Waals surface area contributed by atoms with Gasteiger partial charge in [-0.25, -0.2) is 0 Å². The fourth-order valence-corrected chi connectivity index (χ4v) is 4.31. The maximum Gasteiger partial charge on any atom is 0.256 e. The molecule has 134 valence electrons. The molecule has 0 N–H and O–H groups in total. The minimum atomic E-state index is 0.0223. The molecule has 0 spiro atoms. The van der Waals surface area contributed by atoms with Crippen molar-refractivity contribution in [2.24, 2.45) is 0 Å². The second-order valence-electron chi connectivity index (χ2n) is 6.49. The molecule has 1 aliphatic heterocycles. The van der Waals surface area contributed by atoms with Gasteiger partial charge in [0.1, 0.15) is 0 Å². The van der Waals surface area contributed by atoms with Crippen LogP contribution >= 0.6 is 22.9 Å². The summed E-state index contributed by atoms with van der Waals surface area (Å²) in [5.41, 5.74) is 1.32. The van der Waals surface area contributed by atoms with Crippen molar-refractivity contribution in [1.29, 1.82) is 0 Å². The van der Waals surface area contributed by atoms with Crippen LogP contribution in [0.3, 0.4) is 0 Å². The van der Waals surface area contributed by atoms with Gasteiger partial charge >= 0.3 is 0 Å². The molecule has 0 aliphatic carbocycles. The molecular formula is C20H20ClN3OS. The first-order chi connectivity index (χ1) is 12.7. The Morgan fingerprint density at radius 1 is 1.15 bits per heavy atom. The molecule has 1 saturated heterocycles. The van der Waals surface area contributed by atoms with Crippen molar-refractivity contribution < 1.29 is 4.79 Å². The molecule has 1 amide bonds. The second kappa shape index (κ2) is 7.74. The Hall–Kier alpha value is -1.95. The highest BCUT2D eigenvalue weighted by atomic mass is 35.5. The highest BCUT2D eigenvalue weighted by Gasteiger charge is 2.24. The van der Waals surface area contributed by atoms with Gasteiger partial charge in [0.2, 0.25) is 0 Å². The van der Waals surface area contributed by atoms with Crippen molar-refractivity contribution in [3.63, 3.8) is 0 Å². The molecule has 3 heterocycles. The van der Waals surface area contributed by atoms with Crippen molar-refractivity contribution in [1.82, 2.24) is 14.8 Å². The fraction of sp³-hybridized carbons (Fsp3) is 0.300. The Kier molecular flexibility index (Phi) is 5.20. The third-order valence-electron chi connectivity index (χ3n) is 4.81. The number of fused-ring (bicyclic) bond motifs is 1. The van der Waals surface area contributed by atoms with E-state index in [4.69, 9.17) is 11.6 Å². The molecule has 26 heavy (non-hydrogen) atoms. The molecule has 0 bridgehead atoms. The van der Waals surface area contributed by atoms with E-state index in [-0.39, 0.29) is 5.91 Å². The Morgan fingerprint density at radius 2 is 2.00 bits per heavy atom. The molecule has 3 aromatic rings. The van der Waals surface area contributed by atoms with E-state index in [1.165, 1.54) is 4.88 Å². The number of benzene rings is 1. The van der Waals surface area contributed by atoms with E-state index in [1.54, 1.807) is 23.6 Å². The van der Waals surface area contributed by atoms with Crippen LogP contribution in [0.4, 0.5) is 0 Å². The molecule has 1 aliphatic rings. The topological polar surface area (TPSA) is 36.4 Å². The van der Waals surface area contributed by atoms with E-state index in [0.29, 0.717) is 10.6 Å². The number of carbonyl (C=O) groups excluding carboxylic acids is 1. The minimum Gasteiger partial charge on any atom is -0.336 e. The molecule has 6 heteroatoms.